The molecule has 3 rings (SSSR count). The predicted octanol–water partition coefficient (Wildman–Crippen LogP) is 2.41. The maximum atomic E-state index is 12.2. The number of halogens is 1. The van der Waals surface area contributed by atoms with Gasteiger partial charge in [-0.15, -0.1) is 15.3 Å². The highest BCUT2D eigenvalue weighted by molar-refractivity contribution is 7.18. The van der Waals surface area contributed by atoms with Gasteiger partial charge >= 0.3 is 0 Å². The molecule has 0 spiro atoms. The predicted molar refractivity (Wildman–Crippen MR) is 79.4 cm³/mol. The van der Waals surface area contributed by atoms with Crippen molar-refractivity contribution in [3.8, 4) is 5.75 Å². The lowest BCUT2D eigenvalue weighted by molar-refractivity contribution is 0.102. The van der Waals surface area contributed by atoms with Crippen LogP contribution >= 0.6 is 22.9 Å². The quantitative estimate of drug-likeness (QED) is 0.800. The Hall–Kier alpha value is -2.19. The van der Waals surface area contributed by atoms with Crippen LogP contribution in [0, 0.1) is 6.92 Å². The molecule has 9 heteroatoms. The number of nitrogens with one attached hydrogen (secondary N) is 1. The van der Waals surface area contributed by atoms with Crippen LogP contribution in [-0.4, -0.2) is 32.8 Å². The number of nitrogens with zero attached hydrogens (tertiary/aromatic N) is 4. The minimum atomic E-state index is -0.328. The Morgan fingerprint density at radius 3 is 2.90 bits per heavy atom. The van der Waals surface area contributed by atoms with E-state index in [0.717, 1.165) is 0 Å². The molecule has 7 nitrogen and oxygen atoms in total. The van der Waals surface area contributed by atoms with E-state index in [-0.39, 0.29) is 5.91 Å². The number of rotatable bonds is 3. The SMILES string of the molecule is COc1ccc(NC(=O)c2nn3c(C)nnc3s2)cc1Cl. The van der Waals surface area contributed by atoms with Crippen molar-refractivity contribution in [3.05, 3.63) is 34.1 Å². The monoisotopic (exact) mass is 323 g/mol. The second kappa shape index (κ2) is 5.30. The molecule has 0 fully saturated rings. The third kappa shape index (κ3) is 2.55. The number of aryl methyl sites for hydroxylation is 1. The number of methoxy groups -OCH3 is 1. The van der Waals surface area contributed by atoms with E-state index in [1.165, 1.54) is 23.0 Å². The summed E-state index contributed by atoms with van der Waals surface area (Å²) in [5.41, 5.74) is 0.563. The highest BCUT2D eigenvalue weighted by Gasteiger charge is 2.16. The fraction of sp³-hybridized carbons (Fsp3) is 0.167. The van der Waals surface area contributed by atoms with Crippen LogP contribution in [0.1, 0.15) is 15.6 Å². The van der Waals surface area contributed by atoms with E-state index in [4.69, 9.17) is 16.3 Å². The first-order chi connectivity index (χ1) is 10.1. The van der Waals surface area contributed by atoms with E-state index in [0.29, 0.717) is 32.3 Å². The number of anilines is 1. The largest absolute Gasteiger partial charge is 0.495 e. The van der Waals surface area contributed by atoms with Gasteiger partial charge in [0.15, 0.2) is 5.82 Å². The topological polar surface area (TPSA) is 81.4 Å². The number of carbonyl (C=O) groups is 1. The average Bonchev–Trinajstić information content (AvgIpc) is 3.02. The highest BCUT2D eigenvalue weighted by atomic mass is 35.5. The van der Waals surface area contributed by atoms with Gasteiger partial charge in [0.1, 0.15) is 5.75 Å². The molecule has 0 bridgehead atoms. The van der Waals surface area contributed by atoms with Gasteiger partial charge in [0.2, 0.25) is 9.97 Å². The van der Waals surface area contributed by atoms with Gasteiger partial charge in [0, 0.05) is 5.69 Å². The average molecular weight is 324 g/mol. The molecule has 0 saturated heterocycles. The molecule has 108 valence electrons. The molecule has 2 heterocycles. The Kier molecular flexibility index (Phi) is 3.48. The lowest BCUT2D eigenvalue weighted by Crippen LogP contribution is -2.12. The van der Waals surface area contributed by atoms with Gasteiger partial charge < -0.3 is 10.1 Å². The lowest BCUT2D eigenvalue weighted by atomic mass is 10.3. The molecular weight excluding hydrogens is 314 g/mol. The van der Waals surface area contributed by atoms with Gasteiger partial charge in [-0.3, -0.25) is 4.79 Å². The first-order valence-electron chi connectivity index (χ1n) is 5.92. The van der Waals surface area contributed by atoms with Crippen LogP contribution in [0.2, 0.25) is 5.02 Å². The third-order valence-electron chi connectivity index (χ3n) is 2.75. The van der Waals surface area contributed by atoms with Gasteiger partial charge in [-0.25, -0.2) is 0 Å². The van der Waals surface area contributed by atoms with Crippen LogP contribution < -0.4 is 10.1 Å². The summed E-state index contributed by atoms with van der Waals surface area (Å²) in [5.74, 6) is 0.850. The van der Waals surface area contributed by atoms with E-state index in [9.17, 15) is 4.79 Å². The zero-order chi connectivity index (χ0) is 15.0. The fourth-order valence-electron chi connectivity index (χ4n) is 1.74. The van der Waals surface area contributed by atoms with Crippen LogP contribution in [0.25, 0.3) is 4.96 Å². The molecule has 0 saturated carbocycles. The molecular formula is C12H10ClN5O2S. The summed E-state index contributed by atoms with van der Waals surface area (Å²) in [4.78, 5) is 12.7. The van der Waals surface area contributed by atoms with Gasteiger partial charge in [-0.2, -0.15) is 4.52 Å². The minimum absolute atomic E-state index is 0.301. The maximum absolute atomic E-state index is 12.2. The van der Waals surface area contributed by atoms with Crippen molar-refractivity contribution in [3.63, 3.8) is 0 Å². The molecule has 3 aromatic rings. The van der Waals surface area contributed by atoms with Crippen LogP contribution in [0.3, 0.4) is 0 Å². The first kappa shape index (κ1) is 13.8. The van der Waals surface area contributed by atoms with E-state index in [1.54, 1.807) is 25.1 Å². The van der Waals surface area contributed by atoms with Crippen LogP contribution in [0.5, 0.6) is 5.75 Å². The molecule has 0 aliphatic carbocycles. The van der Waals surface area contributed by atoms with Gasteiger partial charge in [-0.1, -0.05) is 22.9 Å². The summed E-state index contributed by atoms with van der Waals surface area (Å²) in [6.45, 7) is 1.77. The van der Waals surface area contributed by atoms with E-state index < -0.39 is 0 Å². The fourth-order valence-corrected chi connectivity index (χ4v) is 2.77. The van der Waals surface area contributed by atoms with E-state index in [1.807, 2.05) is 0 Å². The molecule has 0 radical (unpaired) electrons. The number of hydrogen-bond acceptors (Lipinski definition) is 6. The van der Waals surface area contributed by atoms with Gasteiger partial charge in [-0.05, 0) is 25.1 Å². The van der Waals surface area contributed by atoms with Crippen molar-refractivity contribution in [2.75, 3.05) is 12.4 Å². The Bertz CT molecular complexity index is 828. The zero-order valence-electron chi connectivity index (χ0n) is 11.1. The van der Waals surface area contributed by atoms with Crippen molar-refractivity contribution in [2.24, 2.45) is 0 Å². The number of amides is 1. The standard InChI is InChI=1S/C12H10ClN5O2S/c1-6-15-16-12-18(6)17-11(21-12)10(19)14-7-3-4-9(20-2)8(13)5-7/h3-5H,1-2H3,(H,14,19). The Labute approximate surface area is 128 Å². The Morgan fingerprint density at radius 1 is 1.43 bits per heavy atom. The van der Waals surface area contributed by atoms with Crippen LogP contribution in [-0.2, 0) is 0 Å². The second-order valence-electron chi connectivity index (χ2n) is 4.15. The summed E-state index contributed by atoms with van der Waals surface area (Å²) in [7, 11) is 1.53. The van der Waals surface area contributed by atoms with Crippen molar-refractivity contribution in [1.82, 2.24) is 19.8 Å². The molecule has 21 heavy (non-hydrogen) atoms. The highest BCUT2D eigenvalue weighted by Crippen LogP contribution is 2.27. The number of carbonyl (C=O) groups excluding carboxylic acids is 1. The van der Waals surface area contributed by atoms with E-state index >= 15 is 0 Å². The Balaban J connectivity index is 1.83. The van der Waals surface area contributed by atoms with E-state index in [2.05, 4.69) is 20.6 Å². The summed E-state index contributed by atoms with van der Waals surface area (Å²) in [6, 6.07) is 5.00. The van der Waals surface area contributed by atoms with Crippen molar-refractivity contribution in [2.45, 2.75) is 6.92 Å². The zero-order valence-corrected chi connectivity index (χ0v) is 12.7. The summed E-state index contributed by atoms with van der Waals surface area (Å²) in [5, 5.41) is 15.4. The van der Waals surface area contributed by atoms with Crippen LogP contribution in [0.4, 0.5) is 5.69 Å². The summed E-state index contributed by atoms with van der Waals surface area (Å²) in [6.07, 6.45) is 0. The number of aromatic nitrogens is 4. The smallest absolute Gasteiger partial charge is 0.286 e. The van der Waals surface area contributed by atoms with Gasteiger partial charge in [0.05, 0.1) is 12.1 Å². The molecule has 1 aromatic carbocycles. The molecule has 1 amide bonds. The molecule has 0 unspecified atom stereocenters. The molecule has 0 atom stereocenters. The first-order valence-corrected chi connectivity index (χ1v) is 7.11. The molecule has 1 N–H and O–H groups in total. The molecule has 0 aliphatic rings. The lowest BCUT2D eigenvalue weighted by Gasteiger charge is -2.06. The number of benzene rings is 1. The number of ether oxygens (including phenoxy) is 1. The Morgan fingerprint density at radius 2 is 2.24 bits per heavy atom. The van der Waals surface area contributed by atoms with Crippen molar-refractivity contribution in [1.29, 1.82) is 0 Å². The number of fused-ring (bicyclic) bond motifs is 1. The van der Waals surface area contributed by atoms with Crippen molar-refractivity contribution < 1.29 is 9.53 Å². The minimum Gasteiger partial charge on any atom is -0.495 e. The summed E-state index contributed by atoms with van der Waals surface area (Å²) >= 11 is 7.18. The molecule has 2 aromatic heterocycles. The third-order valence-corrected chi connectivity index (χ3v) is 3.94. The van der Waals surface area contributed by atoms with Crippen molar-refractivity contribution >= 4 is 39.5 Å². The maximum Gasteiger partial charge on any atom is 0.286 e. The molecule has 0 aliphatic heterocycles. The normalized spacial score (nSPS) is 10.8. The number of hydrogen-bond donors (Lipinski definition) is 1. The van der Waals surface area contributed by atoms with Crippen LogP contribution in [0.15, 0.2) is 18.2 Å². The summed E-state index contributed by atoms with van der Waals surface area (Å²) < 4.78 is 6.59. The van der Waals surface area contributed by atoms with Gasteiger partial charge in [0.25, 0.3) is 5.91 Å². The second-order valence-corrected chi connectivity index (χ2v) is 5.52.